The molecule has 0 atom stereocenters. The predicted molar refractivity (Wildman–Crippen MR) is 117 cm³/mol. The van der Waals surface area contributed by atoms with Gasteiger partial charge in [0.15, 0.2) is 0 Å². The Hall–Kier alpha value is -3.00. The smallest absolute Gasteiger partial charge is 0.0740 e. The van der Waals surface area contributed by atoms with Gasteiger partial charge in [0.1, 0.15) is 0 Å². The Balaban J connectivity index is 1.74. The van der Waals surface area contributed by atoms with Gasteiger partial charge in [-0.25, -0.2) is 0 Å². The molecule has 0 saturated heterocycles. The minimum absolute atomic E-state index is 0.470. The van der Waals surface area contributed by atoms with Crippen molar-refractivity contribution in [1.29, 1.82) is 0 Å². The Labute approximate surface area is 166 Å². The highest BCUT2D eigenvalue weighted by Gasteiger charge is 2.21. The van der Waals surface area contributed by atoms with Crippen molar-refractivity contribution in [1.82, 2.24) is 9.97 Å². The third-order valence-electron chi connectivity index (χ3n) is 5.91. The monoisotopic (exact) mass is 364 g/mol. The fraction of sp³-hybridized carbons (Fsp3) is 0.231. The Morgan fingerprint density at radius 2 is 1.75 bits per heavy atom. The van der Waals surface area contributed by atoms with Gasteiger partial charge in [0.05, 0.1) is 5.69 Å². The van der Waals surface area contributed by atoms with Crippen LogP contribution in [0.4, 0.5) is 0 Å². The lowest BCUT2D eigenvalue weighted by molar-refractivity contribution is 0.876. The molecule has 28 heavy (non-hydrogen) atoms. The van der Waals surface area contributed by atoms with E-state index in [0.29, 0.717) is 5.92 Å². The number of rotatable bonds is 2. The lowest BCUT2D eigenvalue weighted by Gasteiger charge is -2.22. The first-order valence-electron chi connectivity index (χ1n) is 10.1. The third kappa shape index (κ3) is 2.72. The summed E-state index contributed by atoms with van der Waals surface area (Å²) in [5.74, 6) is 0.470. The number of benzene rings is 2. The van der Waals surface area contributed by atoms with Gasteiger partial charge in [-0.2, -0.15) is 0 Å². The number of hydrogen-bond acceptors (Lipinski definition) is 2. The molecule has 4 aromatic rings. The molecule has 0 fully saturated rings. The Morgan fingerprint density at radius 3 is 2.61 bits per heavy atom. The standard InChI is InChI=1S/C26H24N2/c1-16(2)24-14-20(13-18-6-4-5-7-21(18)24)26-23-9-8-19-12-17(3)28-15-25(19)22(23)10-11-27-26/h4-7,10-16H,8-9H2,1-3H3. The van der Waals surface area contributed by atoms with Gasteiger partial charge in [-0.05, 0) is 83.0 Å². The van der Waals surface area contributed by atoms with E-state index in [1.54, 1.807) is 0 Å². The Kier molecular flexibility index (Phi) is 4.01. The number of pyridine rings is 2. The van der Waals surface area contributed by atoms with E-state index in [1.165, 1.54) is 44.2 Å². The normalized spacial score (nSPS) is 12.9. The molecule has 1 aliphatic carbocycles. The molecule has 2 heterocycles. The summed E-state index contributed by atoms with van der Waals surface area (Å²) in [6, 6.07) is 17.7. The number of aromatic nitrogens is 2. The highest BCUT2D eigenvalue weighted by atomic mass is 14.7. The van der Waals surface area contributed by atoms with E-state index in [9.17, 15) is 0 Å². The molecule has 0 aliphatic heterocycles. The van der Waals surface area contributed by atoms with Crippen LogP contribution in [0.25, 0.3) is 33.2 Å². The predicted octanol–water partition coefficient (Wildman–Crippen LogP) is 6.49. The SMILES string of the molecule is Cc1cc2c(cn1)-c1ccnc(-c3cc(C(C)C)c4ccccc4c3)c1CC2. The molecule has 0 N–H and O–H groups in total. The van der Waals surface area contributed by atoms with Crippen molar-refractivity contribution in [2.24, 2.45) is 0 Å². The van der Waals surface area contributed by atoms with Gasteiger partial charge in [-0.3, -0.25) is 9.97 Å². The van der Waals surface area contributed by atoms with Crippen LogP contribution in [0.3, 0.4) is 0 Å². The maximum absolute atomic E-state index is 4.84. The first kappa shape index (κ1) is 17.1. The molecular formula is C26H24N2. The lowest BCUT2D eigenvalue weighted by atomic mass is 9.84. The summed E-state index contributed by atoms with van der Waals surface area (Å²) in [7, 11) is 0. The summed E-state index contributed by atoms with van der Waals surface area (Å²) >= 11 is 0. The van der Waals surface area contributed by atoms with E-state index < -0.39 is 0 Å². The maximum atomic E-state index is 4.84. The Morgan fingerprint density at radius 1 is 0.893 bits per heavy atom. The van der Waals surface area contributed by atoms with Gasteiger partial charge in [0, 0.05) is 29.2 Å². The number of nitrogens with zero attached hydrogens (tertiary/aromatic N) is 2. The van der Waals surface area contributed by atoms with Gasteiger partial charge < -0.3 is 0 Å². The van der Waals surface area contributed by atoms with Crippen molar-refractivity contribution in [2.45, 2.75) is 39.5 Å². The van der Waals surface area contributed by atoms with Gasteiger partial charge >= 0.3 is 0 Å². The third-order valence-corrected chi connectivity index (χ3v) is 5.91. The van der Waals surface area contributed by atoms with Crippen LogP contribution in [0.1, 0.15) is 42.1 Å². The van der Waals surface area contributed by atoms with E-state index in [1.807, 2.05) is 12.4 Å². The second-order valence-electron chi connectivity index (χ2n) is 8.11. The van der Waals surface area contributed by atoms with Crippen LogP contribution in [-0.4, -0.2) is 9.97 Å². The lowest BCUT2D eigenvalue weighted by Crippen LogP contribution is -2.08. The number of hydrogen-bond donors (Lipinski definition) is 0. The summed E-state index contributed by atoms with van der Waals surface area (Å²) in [6.07, 6.45) is 6.06. The van der Waals surface area contributed by atoms with Crippen LogP contribution in [0.2, 0.25) is 0 Å². The van der Waals surface area contributed by atoms with Crippen molar-refractivity contribution < 1.29 is 0 Å². The fourth-order valence-electron chi connectivity index (χ4n) is 4.53. The summed E-state index contributed by atoms with van der Waals surface area (Å²) in [5, 5.41) is 2.63. The molecule has 0 bridgehead atoms. The molecule has 2 nitrogen and oxygen atoms in total. The van der Waals surface area contributed by atoms with Crippen LogP contribution in [-0.2, 0) is 12.8 Å². The van der Waals surface area contributed by atoms with Gasteiger partial charge in [0.25, 0.3) is 0 Å². The molecule has 0 saturated carbocycles. The zero-order chi connectivity index (χ0) is 19.3. The molecule has 5 rings (SSSR count). The number of aryl methyl sites for hydroxylation is 2. The molecule has 0 radical (unpaired) electrons. The van der Waals surface area contributed by atoms with Crippen molar-refractivity contribution in [2.75, 3.05) is 0 Å². The van der Waals surface area contributed by atoms with E-state index >= 15 is 0 Å². The van der Waals surface area contributed by atoms with Gasteiger partial charge in [-0.1, -0.05) is 38.1 Å². The zero-order valence-electron chi connectivity index (χ0n) is 16.7. The first-order chi connectivity index (χ1) is 13.6. The second kappa shape index (κ2) is 6.56. The van der Waals surface area contributed by atoms with E-state index in [2.05, 4.69) is 74.3 Å². The minimum atomic E-state index is 0.470. The molecule has 0 unspecified atom stereocenters. The topological polar surface area (TPSA) is 25.8 Å². The molecular weight excluding hydrogens is 340 g/mol. The fourth-order valence-corrected chi connectivity index (χ4v) is 4.53. The quantitative estimate of drug-likeness (QED) is 0.406. The summed E-state index contributed by atoms with van der Waals surface area (Å²) in [6.45, 7) is 6.60. The molecule has 2 aromatic heterocycles. The molecule has 138 valence electrons. The molecule has 0 spiro atoms. The van der Waals surface area contributed by atoms with E-state index in [0.717, 1.165) is 24.2 Å². The van der Waals surface area contributed by atoms with Crippen molar-refractivity contribution in [3.63, 3.8) is 0 Å². The zero-order valence-corrected chi connectivity index (χ0v) is 16.7. The summed E-state index contributed by atoms with van der Waals surface area (Å²) in [5.41, 5.74) is 10.1. The summed E-state index contributed by atoms with van der Waals surface area (Å²) in [4.78, 5) is 9.39. The maximum Gasteiger partial charge on any atom is 0.0740 e. The van der Waals surface area contributed by atoms with E-state index in [4.69, 9.17) is 4.98 Å². The molecule has 2 aromatic carbocycles. The second-order valence-corrected chi connectivity index (χ2v) is 8.11. The first-order valence-corrected chi connectivity index (χ1v) is 10.1. The highest BCUT2D eigenvalue weighted by molar-refractivity contribution is 5.91. The van der Waals surface area contributed by atoms with Crippen molar-refractivity contribution >= 4 is 10.8 Å². The van der Waals surface area contributed by atoms with Crippen molar-refractivity contribution in [3.8, 4) is 22.4 Å². The number of fused-ring (bicyclic) bond motifs is 4. The highest BCUT2D eigenvalue weighted by Crippen LogP contribution is 2.39. The van der Waals surface area contributed by atoms with Crippen LogP contribution in [0.15, 0.2) is 60.9 Å². The molecule has 1 aliphatic rings. The minimum Gasteiger partial charge on any atom is -0.261 e. The van der Waals surface area contributed by atoms with Crippen LogP contribution < -0.4 is 0 Å². The summed E-state index contributed by atoms with van der Waals surface area (Å²) < 4.78 is 0. The average molecular weight is 364 g/mol. The Bertz CT molecular complexity index is 1200. The van der Waals surface area contributed by atoms with Crippen LogP contribution in [0.5, 0.6) is 0 Å². The van der Waals surface area contributed by atoms with Gasteiger partial charge in [0.2, 0.25) is 0 Å². The molecule has 2 heteroatoms. The average Bonchev–Trinajstić information content (AvgIpc) is 2.72. The van der Waals surface area contributed by atoms with Gasteiger partial charge in [-0.15, -0.1) is 0 Å². The van der Waals surface area contributed by atoms with E-state index in [-0.39, 0.29) is 0 Å². The van der Waals surface area contributed by atoms with Crippen LogP contribution in [0, 0.1) is 6.92 Å². The largest absolute Gasteiger partial charge is 0.261 e. The molecule has 0 amide bonds. The van der Waals surface area contributed by atoms with Crippen LogP contribution >= 0.6 is 0 Å². The van der Waals surface area contributed by atoms with Crippen molar-refractivity contribution in [3.05, 3.63) is 83.3 Å².